The zero-order valence-electron chi connectivity index (χ0n) is 20.5. The van der Waals surface area contributed by atoms with Gasteiger partial charge in [0.2, 0.25) is 0 Å². The fourth-order valence-corrected chi connectivity index (χ4v) is 5.87. The highest BCUT2D eigenvalue weighted by molar-refractivity contribution is 6.39. The third-order valence-electron chi connectivity index (χ3n) is 7.20. The number of imide groups is 1. The van der Waals surface area contributed by atoms with E-state index >= 15 is 0 Å². The van der Waals surface area contributed by atoms with Crippen molar-refractivity contribution in [2.45, 2.75) is 39.5 Å². The van der Waals surface area contributed by atoms with Crippen LogP contribution in [0.5, 0.6) is 0 Å². The minimum absolute atomic E-state index is 0.265. The first-order valence-electron chi connectivity index (χ1n) is 12.2. The standard InChI is InChI=1S/C28H23FN4O4/c1-28(2,3)37-27(36)32-9-10-33-23-13(12-32)5-4-6-15(23)19-21-20(25(34)31-26(21)35)18-16-11-14(29)7-8-17(16)30-22(18)24(19)33/h4-8,11,30H,9-10,12H2,1-3H3,(H,31,34,35). The van der Waals surface area contributed by atoms with Crippen LogP contribution in [0.2, 0.25) is 0 Å². The number of carbonyl (C=O) groups excluding carboxylic acids is 3. The Labute approximate surface area is 209 Å². The van der Waals surface area contributed by atoms with Gasteiger partial charge in [-0.05, 0) is 44.5 Å². The summed E-state index contributed by atoms with van der Waals surface area (Å²) in [7, 11) is 0. The quantitative estimate of drug-likeness (QED) is 0.287. The molecule has 2 aliphatic rings. The maximum absolute atomic E-state index is 14.3. The van der Waals surface area contributed by atoms with Gasteiger partial charge in [-0.25, -0.2) is 9.18 Å². The van der Waals surface area contributed by atoms with Crippen LogP contribution in [0, 0.1) is 5.82 Å². The first kappa shape index (κ1) is 21.8. The average Bonchev–Trinajstić information content (AvgIpc) is 3.38. The molecule has 2 aromatic heterocycles. The van der Waals surface area contributed by atoms with Gasteiger partial charge in [0.25, 0.3) is 11.8 Å². The van der Waals surface area contributed by atoms with Crippen LogP contribution in [0.1, 0.15) is 47.1 Å². The molecule has 186 valence electrons. The van der Waals surface area contributed by atoms with E-state index in [0.29, 0.717) is 52.4 Å². The second-order valence-corrected chi connectivity index (χ2v) is 10.7. The summed E-state index contributed by atoms with van der Waals surface area (Å²) < 4.78 is 22.1. The molecule has 5 aromatic rings. The number of carbonyl (C=O) groups is 3. The van der Waals surface area contributed by atoms with Crippen molar-refractivity contribution < 1.29 is 23.5 Å². The summed E-state index contributed by atoms with van der Waals surface area (Å²) in [6, 6.07) is 10.2. The predicted molar refractivity (Wildman–Crippen MR) is 137 cm³/mol. The van der Waals surface area contributed by atoms with E-state index in [0.717, 1.165) is 22.0 Å². The number of rotatable bonds is 0. The van der Waals surface area contributed by atoms with Crippen LogP contribution in [0.25, 0.3) is 43.6 Å². The van der Waals surface area contributed by atoms with E-state index in [9.17, 15) is 18.8 Å². The number of amides is 3. The monoisotopic (exact) mass is 498 g/mol. The Morgan fingerprint density at radius 3 is 2.49 bits per heavy atom. The third-order valence-corrected chi connectivity index (χ3v) is 7.20. The summed E-state index contributed by atoms with van der Waals surface area (Å²) >= 11 is 0. The third kappa shape index (κ3) is 2.97. The fourth-order valence-electron chi connectivity index (χ4n) is 5.87. The maximum atomic E-state index is 14.3. The smallest absolute Gasteiger partial charge is 0.410 e. The van der Waals surface area contributed by atoms with Crippen LogP contribution in [0.4, 0.5) is 9.18 Å². The first-order chi connectivity index (χ1) is 17.6. The molecule has 4 heterocycles. The molecule has 3 amide bonds. The largest absolute Gasteiger partial charge is 0.444 e. The summed E-state index contributed by atoms with van der Waals surface area (Å²) in [5.41, 5.74) is 3.84. The molecule has 2 N–H and O–H groups in total. The number of ether oxygens (including phenoxy) is 1. The van der Waals surface area contributed by atoms with Crippen LogP contribution in [0.15, 0.2) is 36.4 Å². The van der Waals surface area contributed by atoms with Crippen molar-refractivity contribution in [2.24, 2.45) is 0 Å². The van der Waals surface area contributed by atoms with E-state index in [-0.39, 0.29) is 5.56 Å². The van der Waals surface area contributed by atoms with Gasteiger partial charge in [-0.2, -0.15) is 0 Å². The molecule has 0 saturated carbocycles. The minimum atomic E-state index is -0.621. The van der Waals surface area contributed by atoms with E-state index in [1.165, 1.54) is 12.1 Å². The topological polar surface area (TPSA) is 96.4 Å². The number of fused-ring (bicyclic) bond motifs is 10. The molecule has 0 saturated heterocycles. The van der Waals surface area contributed by atoms with Gasteiger partial charge in [-0.15, -0.1) is 0 Å². The van der Waals surface area contributed by atoms with Crippen molar-refractivity contribution in [3.8, 4) is 0 Å². The Bertz CT molecular complexity index is 1870. The van der Waals surface area contributed by atoms with Crippen molar-refractivity contribution in [1.82, 2.24) is 19.8 Å². The molecule has 3 aromatic carbocycles. The lowest BCUT2D eigenvalue weighted by Gasteiger charge is -2.26. The molecular formula is C28H23FN4O4. The number of hydrogen-bond donors (Lipinski definition) is 2. The van der Waals surface area contributed by atoms with Crippen LogP contribution in [-0.4, -0.2) is 44.5 Å². The molecule has 9 heteroatoms. The van der Waals surface area contributed by atoms with Crippen molar-refractivity contribution in [3.05, 3.63) is 58.9 Å². The van der Waals surface area contributed by atoms with E-state index < -0.39 is 29.3 Å². The van der Waals surface area contributed by atoms with Crippen LogP contribution in [0.3, 0.4) is 0 Å². The van der Waals surface area contributed by atoms with Gasteiger partial charge >= 0.3 is 6.09 Å². The van der Waals surface area contributed by atoms with Crippen molar-refractivity contribution in [3.63, 3.8) is 0 Å². The summed E-state index contributed by atoms with van der Waals surface area (Å²) in [5, 5.41) is 5.02. The van der Waals surface area contributed by atoms with Gasteiger partial charge in [-0.3, -0.25) is 14.9 Å². The highest BCUT2D eigenvalue weighted by Crippen LogP contribution is 2.44. The first-order valence-corrected chi connectivity index (χ1v) is 12.2. The zero-order chi connectivity index (χ0) is 25.8. The molecule has 0 atom stereocenters. The molecule has 0 spiro atoms. The maximum Gasteiger partial charge on any atom is 0.410 e. The lowest BCUT2D eigenvalue weighted by molar-refractivity contribution is 0.0233. The highest BCUT2D eigenvalue weighted by atomic mass is 19.1. The average molecular weight is 499 g/mol. The highest BCUT2D eigenvalue weighted by Gasteiger charge is 2.37. The second-order valence-electron chi connectivity index (χ2n) is 10.7. The van der Waals surface area contributed by atoms with E-state index in [2.05, 4.69) is 14.9 Å². The molecule has 0 aliphatic carbocycles. The number of H-pyrrole nitrogens is 1. The van der Waals surface area contributed by atoms with Crippen LogP contribution >= 0.6 is 0 Å². The SMILES string of the molecule is CC(C)(C)OC(=O)N1CCn2c3c(cccc3c3c4c(c5c6cc(F)ccc6[nH]c5c32)C(=O)NC4=O)C1. The lowest BCUT2D eigenvalue weighted by Crippen LogP contribution is -2.37. The van der Waals surface area contributed by atoms with Gasteiger partial charge in [0.1, 0.15) is 11.4 Å². The molecule has 0 unspecified atom stereocenters. The van der Waals surface area contributed by atoms with Gasteiger partial charge in [0.05, 0.1) is 34.2 Å². The number of benzene rings is 3. The molecule has 0 bridgehead atoms. The van der Waals surface area contributed by atoms with Crippen molar-refractivity contribution in [2.75, 3.05) is 6.54 Å². The van der Waals surface area contributed by atoms with Gasteiger partial charge in [0.15, 0.2) is 0 Å². The fraction of sp³-hybridized carbons (Fsp3) is 0.250. The van der Waals surface area contributed by atoms with Crippen LogP contribution in [-0.2, 0) is 17.8 Å². The van der Waals surface area contributed by atoms with E-state index in [4.69, 9.17) is 4.74 Å². The Balaban J connectivity index is 1.59. The number of halogens is 1. The summed E-state index contributed by atoms with van der Waals surface area (Å²) in [6.45, 7) is 6.69. The predicted octanol–water partition coefficient (Wildman–Crippen LogP) is 5.20. The number of nitrogens with zero attached hydrogens (tertiary/aromatic N) is 2. The minimum Gasteiger partial charge on any atom is -0.444 e. The molecule has 2 aliphatic heterocycles. The molecule has 8 nitrogen and oxygen atoms in total. The van der Waals surface area contributed by atoms with Crippen LogP contribution < -0.4 is 5.32 Å². The zero-order valence-corrected chi connectivity index (χ0v) is 20.5. The molecule has 7 rings (SSSR count). The second kappa shape index (κ2) is 7.09. The molecule has 37 heavy (non-hydrogen) atoms. The number of aromatic nitrogens is 2. The normalized spacial score (nSPS) is 15.6. The molecular weight excluding hydrogens is 475 g/mol. The van der Waals surface area contributed by atoms with Crippen molar-refractivity contribution in [1.29, 1.82) is 0 Å². The van der Waals surface area contributed by atoms with Crippen molar-refractivity contribution >= 4 is 61.5 Å². The van der Waals surface area contributed by atoms with Gasteiger partial charge < -0.3 is 19.2 Å². The number of hydrogen-bond acceptors (Lipinski definition) is 4. The summed E-state index contributed by atoms with van der Waals surface area (Å²) in [6.07, 6.45) is -0.392. The van der Waals surface area contributed by atoms with Gasteiger partial charge in [0, 0.05) is 40.2 Å². The van der Waals surface area contributed by atoms with E-state index in [1.807, 2.05) is 39.0 Å². The Morgan fingerprint density at radius 2 is 1.73 bits per heavy atom. The number of para-hydroxylation sites is 1. The lowest BCUT2D eigenvalue weighted by atomic mass is 9.96. The summed E-state index contributed by atoms with van der Waals surface area (Å²) in [5.74, 6) is -1.38. The number of aromatic amines is 1. The molecule has 0 fully saturated rings. The Kier molecular flexibility index (Phi) is 4.19. The van der Waals surface area contributed by atoms with E-state index in [1.54, 1.807) is 11.0 Å². The van der Waals surface area contributed by atoms with Gasteiger partial charge in [-0.1, -0.05) is 18.2 Å². The Hall–Kier alpha value is -4.40. The Morgan fingerprint density at radius 1 is 0.973 bits per heavy atom. The summed E-state index contributed by atoms with van der Waals surface area (Å²) in [4.78, 5) is 44.2. The molecule has 0 radical (unpaired) electrons. The number of nitrogens with one attached hydrogen (secondary N) is 2.